The van der Waals surface area contributed by atoms with Gasteiger partial charge in [0, 0.05) is 25.6 Å². The number of benzene rings is 2. The largest absolute Gasteiger partial charge is 0.489 e. The Morgan fingerprint density at radius 3 is 2.78 bits per heavy atom. The third-order valence-electron chi connectivity index (χ3n) is 5.12. The Bertz CT molecular complexity index is 1040. The van der Waals surface area contributed by atoms with E-state index in [2.05, 4.69) is 10.4 Å². The molecule has 1 atom stereocenters. The number of nitrogens with zero attached hydrogens (tertiary/aromatic N) is 3. The zero-order valence-corrected chi connectivity index (χ0v) is 18.7. The smallest absolute Gasteiger partial charge is 0.259 e. The number of fused-ring (bicyclic) bond motifs is 1. The molecule has 0 radical (unpaired) electrons. The van der Waals surface area contributed by atoms with Gasteiger partial charge in [-0.3, -0.25) is 9.59 Å². The Hall–Kier alpha value is -3.17. The normalized spacial score (nSPS) is 15.1. The van der Waals surface area contributed by atoms with Crippen molar-refractivity contribution < 1.29 is 23.8 Å². The van der Waals surface area contributed by atoms with Crippen molar-refractivity contribution in [1.29, 1.82) is 0 Å². The number of carbonyl (C=O) groups excluding carboxylic acids is 2. The highest BCUT2D eigenvalue weighted by molar-refractivity contribution is 6.34. The zero-order valence-electron chi connectivity index (χ0n) is 17.9. The minimum absolute atomic E-state index is 0.0685. The van der Waals surface area contributed by atoms with Gasteiger partial charge in [0.25, 0.3) is 5.91 Å². The fourth-order valence-electron chi connectivity index (χ4n) is 3.34. The molecule has 2 aromatic rings. The Balaban J connectivity index is 2.01. The molecule has 0 fully saturated rings. The van der Waals surface area contributed by atoms with Crippen molar-refractivity contribution in [3.8, 4) is 5.75 Å². The number of hydrogen-bond donors (Lipinski definition) is 2. The van der Waals surface area contributed by atoms with Crippen molar-refractivity contribution in [3.05, 3.63) is 52.3 Å². The first kappa shape index (κ1) is 23.5. The third-order valence-corrected chi connectivity index (χ3v) is 5.43. The first-order chi connectivity index (χ1) is 15.3. The maximum Gasteiger partial charge on any atom is 0.259 e. The summed E-state index contributed by atoms with van der Waals surface area (Å²) in [5.41, 5.74) is 1.08. The maximum absolute atomic E-state index is 14.1. The highest BCUT2D eigenvalue weighted by Crippen LogP contribution is 2.40. The molecule has 170 valence electrons. The average molecular weight is 463 g/mol. The van der Waals surface area contributed by atoms with Gasteiger partial charge in [0.2, 0.25) is 6.41 Å². The summed E-state index contributed by atoms with van der Waals surface area (Å²) in [6.07, 6.45) is 0.712. The fraction of sp³-hybridized carbons (Fsp3) is 0.318. The monoisotopic (exact) mass is 462 g/mol. The molecule has 32 heavy (non-hydrogen) atoms. The van der Waals surface area contributed by atoms with E-state index in [1.807, 2.05) is 13.8 Å². The number of aliphatic hydroxyl groups is 1. The highest BCUT2D eigenvalue weighted by atomic mass is 35.5. The van der Waals surface area contributed by atoms with Gasteiger partial charge < -0.3 is 20.1 Å². The summed E-state index contributed by atoms with van der Waals surface area (Å²) in [6, 6.07) is 7.15. The molecule has 0 saturated heterocycles. The van der Waals surface area contributed by atoms with Gasteiger partial charge in [0.15, 0.2) is 5.84 Å². The molecule has 10 heteroatoms. The van der Waals surface area contributed by atoms with E-state index >= 15 is 0 Å². The van der Waals surface area contributed by atoms with Crippen LogP contribution in [0.25, 0.3) is 0 Å². The van der Waals surface area contributed by atoms with E-state index in [9.17, 15) is 19.1 Å². The third kappa shape index (κ3) is 4.68. The lowest BCUT2D eigenvalue weighted by Gasteiger charge is -2.22. The van der Waals surface area contributed by atoms with Crippen LogP contribution in [0.15, 0.2) is 35.4 Å². The molecule has 1 heterocycles. The van der Waals surface area contributed by atoms with Crippen molar-refractivity contribution in [3.63, 3.8) is 0 Å². The molecule has 2 aromatic carbocycles. The predicted octanol–water partition coefficient (Wildman–Crippen LogP) is 3.28. The van der Waals surface area contributed by atoms with Crippen molar-refractivity contribution in [1.82, 2.24) is 4.90 Å². The van der Waals surface area contributed by atoms with E-state index < -0.39 is 11.7 Å². The van der Waals surface area contributed by atoms with Crippen LogP contribution in [-0.2, 0) is 11.2 Å². The number of para-hydroxylation sites is 1. The first-order valence-corrected chi connectivity index (χ1v) is 10.4. The van der Waals surface area contributed by atoms with E-state index in [0.717, 1.165) is 5.01 Å². The molecule has 2 N–H and O–H groups in total. The number of rotatable bonds is 7. The number of hydrazone groups is 1. The van der Waals surface area contributed by atoms with E-state index in [1.54, 1.807) is 18.0 Å². The molecule has 8 nitrogen and oxygen atoms in total. The molecule has 0 aromatic heterocycles. The number of hydrogen-bond acceptors (Lipinski definition) is 5. The van der Waals surface area contributed by atoms with Gasteiger partial charge in [-0.1, -0.05) is 17.7 Å². The van der Waals surface area contributed by atoms with E-state index in [1.165, 1.54) is 24.3 Å². The predicted molar refractivity (Wildman–Crippen MR) is 121 cm³/mol. The number of amidine groups is 1. The molecule has 2 amide bonds. The van der Waals surface area contributed by atoms with Crippen LogP contribution in [0.3, 0.4) is 0 Å². The fourth-order valence-corrected chi connectivity index (χ4v) is 3.55. The van der Waals surface area contributed by atoms with Crippen LogP contribution in [0.1, 0.15) is 29.8 Å². The van der Waals surface area contributed by atoms with Gasteiger partial charge in [-0.05, 0) is 38.1 Å². The lowest BCUT2D eigenvalue weighted by molar-refractivity contribution is -0.107. The number of ether oxygens (including phenoxy) is 1. The Morgan fingerprint density at radius 1 is 1.41 bits per heavy atom. The number of aliphatic hydroxyl groups excluding tert-OH is 1. The van der Waals surface area contributed by atoms with Gasteiger partial charge in [-0.25, -0.2) is 9.40 Å². The summed E-state index contributed by atoms with van der Waals surface area (Å²) in [7, 11) is 1.74. The van der Waals surface area contributed by atoms with E-state index in [4.69, 9.17) is 16.3 Å². The molecule has 3 rings (SSSR count). The van der Waals surface area contributed by atoms with Crippen LogP contribution in [0, 0.1) is 5.82 Å². The zero-order chi connectivity index (χ0) is 23.4. The summed E-state index contributed by atoms with van der Waals surface area (Å²) in [4.78, 5) is 26.5. The number of anilines is 2. The highest BCUT2D eigenvalue weighted by Gasteiger charge is 2.30. The molecule has 0 saturated carbocycles. The first-order valence-electron chi connectivity index (χ1n) is 10.0. The van der Waals surface area contributed by atoms with Gasteiger partial charge in [-0.15, -0.1) is 5.10 Å². The number of amides is 2. The number of halogens is 2. The van der Waals surface area contributed by atoms with E-state index in [-0.39, 0.29) is 34.7 Å². The van der Waals surface area contributed by atoms with Crippen LogP contribution in [-0.4, -0.2) is 54.5 Å². The second kappa shape index (κ2) is 9.97. The minimum atomic E-state index is -0.661. The van der Waals surface area contributed by atoms with Crippen LogP contribution >= 0.6 is 11.6 Å². The minimum Gasteiger partial charge on any atom is -0.489 e. The topological polar surface area (TPSA) is 94.5 Å². The van der Waals surface area contributed by atoms with Crippen molar-refractivity contribution >= 4 is 41.1 Å². The van der Waals surface area contributed by atoms with E-state index in [0.29, 0.717) is 36.5 Å². The number of likely N-dealkylation sites (N-methyl/N-ethyl adjacent to an activating group) is 1. The SMILES string of the molecule is CCN(C)/C(CO)=N\N(C=O)c1ccc(C(=O)Nc2c(F)cccc2Cl)c2c1CC(C)O2. The molecule has 0 bridgehead atoms. The van der Waals surface area contributed by atoms with Crippen LogP contribution in [0.2, 0.25) is 5.02 Å². The lowest BCUT2D eigenvalue weighted by Crippen LogP contribution is -2.32. The molecular formula is C22H24ClFN4O4. The average Bonchev–Trinajstić information content (AvgIpc) is 3.17. The summed E-state index contributed by atoms with van der Waals surface area (Å²) in [6.45, 7) is 3.95. The Morgan fingerprint density at radius 2 is 2.16 bits per heavy atom. The second-order valence-electron chi connectivity index (χ2n) is 7.26. The van der Waals surface area contributed by atoms with Gasteiger partial charge in [-0.2, -0.15) is 0 Å². The number of carbonyl (C=O) groups is 2. The quantitative estimate of drug-likeness (QED) is 0.285. The molecule has 1 aliphatic rings. The van der Waals surface area contributed by atoms with Crippen molar-refractivity contribution in [2.75, 3.05) is 30.5 Å². The lowest BCUT2D eigenvalue weighted by atomic mass is 10.0. The molecule has 1 aliphatic heterocycles. The second-order valence-corrected chi connectivity index (χ2v) is 7.67. The standard InChI is InChI=1S/C22H24ClFN4O4/c1-4-27(3)19(11-29)26-28(12-30)18-9-8-14(21-15(18)10-13(2)32-21)22(31)25-20-16(23)6-5-7-17(20)24/h5-9,12-13,29H,4,10-11H2,1-3H3,(H,25,31)/b26-19-. The van der Waals surface area contributed by atoms with Gasteiger partial charge in [0.1, 0.15) is 24.3 Å². The molecule has 0 spiro atoms. The maximum atomic E-state index is 14.1. The molecule has 0 aliphatic carbocycles. The summed E-state index contributed by atoms with van der Waals surface area (Å²) >= 11 is 6.02. The summed E-state index contributed by atoms with van der Waals surface area (Å²) in [5, 5.41) is 17.5. The Kier molecular flexibility index (Phi) is 7.32. The van der Waals surface area contributed by atoms with Gasteiger partial charge >= 0.3 is 0 Å². The van der Waals surface area contributed by atoms with Crippen LogP contribution in [0.4, 0.5) is 15.8 Å². The summed E-state index contributed by atoms with van der Waals surface area (Å²) < 4.78 is 20.0. The summed E-state index contributed by atoms with van der Waals surface area (Å²) in [5.74, 6) is -0.670. The number of nitrogens with one attached hydrogen (secondary N) is 1. The molecule has 1 unspecified atom stereocenters. The van der Waals surface area contributed by atoms with Crippen molar-refractivity contribution in [2.24, 2.45) is 5.10 Å². The van der Waals surface area contributed by atoms with Crippen LogP contribution < -0.4 is 15.1 Å². The van der Waals surface area contributed by atoms with Crippen LogP contribution in [0.5, 0.6) is 5.75 Å². The van der Waals surface area contributed by atoms with Crippen molar-refractivity contribution in [2.45, 2.75) is 26.4 Å². The molecular weight excluding hydrogens is 439 g/mol. The van der Waals surface area contributed by atoms with Gasteiger partial charge in [0.05, 0.1) is 22.0 Å². The Labute approximate surface area is 190 Å².